The second-order valence-corrected chi connectivity index (χ2v) is 4.36. The van der Waals surface area contributed by atoms with Crippen LogP contribution in [0.15, 0.2) is 18.7 Å². The Balaban J connectivity index is 2.03. The van der Waals surface area contributed by atoms with Gasteiger partial charge in [0.1, 0.15) is 6.33 Å². The first-order valence-corrected chi connectivity index (χ1v) is 6.28. The van der Waals surface area contributed by atoms with Crippen molar-refractivity contribution in [3.05, 3.63) is 18.7 Å². The van der Waals surface area contributed by atoms with Gasteiger partial charge in [-0.15, -0.1) is 21.8 Å². The molecule has 0 aliphatic heterocycles. The number of unbranched alkanes of at least 4 members (excludes halogenated alkanes) is 2. The largest absolute Gasteiger partial charge is 0.357 e. The monoisotopic (exact) mass is 253 g/mol. The highest BCUT2D eigenvalue weighted by Crippen LogP contribution is 2.15. The van der Waals surface area contributed by atoms with Gasteiger partial charge in [0.05, 0.1) is 0 Å². The van der Waals surface area contributed by atoms with Crippen LogP contribution in [-0.2, 0) is 0 Å². The predicted octanol–water partition coefficient (Wildman–Crippen LogP) is 1.97. The maximum absolute atomic E-state index is 5.65. The molecule has 0 aliphatic carbocycles. The van der Waals surface area contributed by atoms with Gasteiger partial charge in [0, 0.05) is 31.9 Å². The third-order valence-corrected chi connectivity index (χ3v) is 2.95. The van der Waals surface area contributed by atoms with Crippen LogP contribution < -0.4 is 4.90 Å². The zero-order valence-corrected chi connectivity index (χ0v) is 10.6. The summed E-state index contributed by atoms with van der Waals surface area (Å²) in [6.45, 7) is 0.955. The molecule has 2 aromatic heterocycles. The van der Waals surface area contributed by atoms with Gasteiger partial charge in [-0.05, 0) is 12.8 Å². The fourth-order valence-corrected chi connectivity index (χ4v) is 1.93. The summed E-state index contributed by atoms with van der Waals surface area (Å²) in [5, 5.41) is 7.95. The molecular weight excluding hydrogens is 238 g/mol. The van der Waals surface area contributed by atoms with Gasteiger partial charge in [0.15, 0.2) is 5.82 Å². The first-order valence-electron chi connectivity index (χ1n) is 5.74. The number of aromatic nitrogens is 4. The summed E-state index contributed by atoms with van der Waals surface area (Å²) in [7, 11) is 2.03. The Morgan fingerprint density at radius 3 is 3.06 bits per heavy atom. The molecule has 6 heteroatoms. The fraction of sp³-hybridized carbons (Fsp3) is 0.545. The van der Waals surface area contributed by atoms with Gasteiger partial charge in [-0.1, -0.05) is 6.42 Å². The minimum absolute atomic E-state index is 0.738. The summed E-state index contributed by atoms with van der Waals surface area (Å²) in [5.74, 6) is 1.61. The molecule has 5 nitrogen and oxygen atoms in total. The highest BCUT2D eigenvalue weighted by Gasteiger charge is 2.09. The van der Waals surface area contributed by atoms with E-state index in [4.69, 9.17) is 11.6 Å². The van der Waals surface area contributed by atoms with Crippen LogP contribution in [0.1, 0.15) is 19.3 Å². The van der Waals surface area contributed by atoms with Crippen molar-refractivity contribution in [1.82, 2.24) is 19.6 Å². The van der Waals surface area contributed by atoms with Crippen molar-refractivity contribution in [1.29, 1.82) is 0 Å². The van der Waals surface area contributed by atoms with Crippen molar-refractivity contribution >= 4 is 23.1 Å². The average Bonchev–Trinajstić information content (AvgIpc) is 2.82. The number of hydrogen-bond acceptors (Lipinski definition) is 4. The van der Waals surface area contributed by atoms with Crippen LogP contribution >= 0.6 is 11.6 Å². The molecule has 0 unspecified atom stereocenters. The van der Waals surface area contributed by atoms with E-state index in [1.807, 2.05) is 17.6 Å². The minimum Gasteiger partial charge on any atom is -0.357 e. The molecule has 0 aliphatic rings. The standard InChI is InChI=1S/C11H16ClN5/c1-16(7-4-2-3-5-12)10-11-15-14-9-17(11)8-6-13-10/h6,8-9H,2-5,7H2,1H3. The molecule has 0 saturated carbocycles. The minimum atomic E-state index is 0.738. The van der Waals surface area contributed by atoms with E-state index in [9.17, 15) is 0 Å². The zero-order chi connectivity index (χ0) is 12.1. The maximum atomic E-state index is 5.65. The number of rotatable bonds is 6. The lowest BCUT2D eigenvalue weighted by molar-refractivity contribution is 0.704. The Morgan fingerprint density at radius 2 is 2.24 bits per heavy atom. The van der Waals surface area contributed by atoms with Gasteiger partial charge in [-0.2, -0.15) is 0 Å². The van der Waals surface area contributed by atoms with E-state index in [-0.39, 0.29) is 0 Å². The quantitative estimate of drug-likeness (QED) is 0.583. The zero-order valence-electron chi connectivity index (χ0n) is 9.88. The van der Waals surface area contributed by atoms with Gasteiger partial charge in [0.2, 0.25) is 5.65 Å². The molecule has 0 amide bonds. The Morgan fingerprint density at radius 1 is 1.35 bits per heavy atom. The molecule has 2 aromatic rings. The van der Waals surface area contributed by atoms with Crippen molar-refractivity contribution < 1.29 is 0 Å². The summed E-state index contributed by atoms with van der Waals surface area (Å²) < 4.78 is 1.87. The number of nitrogens with zero attached hydrogens (tertiary/aromatic N) is 5. The molecule has 0 spiro atoms. The van der Waals surface area contributed by atoms with E-state index in [0.717, 1.165) is 43.2 Å². The highest BCUT2D eigenvalue weighted by atomic mass is 35.5. The highest BCUT2D eigenvalue weighted by molar-refractivity contribution is 6.17. The molecule has 0 N–H and O–H groups in total. The van der Waals surface area contributed by atoms with Crippen LogP contribution in [0.5, 0.6) is 0 Å². The molecular formula is C11H16ClN5. The van der Waals surface area contributed by atoms with E-state index < -0.39 is 0 Å². The van der Waals surface area contributed by atoms with E-state index in [2.05, 4.69) is 20.1 Å². The number of hydrogen-bond donors (Lipinski definition) is 0. The Hall–Kier alpha value is -1.36. The fourth-order valence-electron chi connectivity index (χ4n) is 1.74. The van der Waals surface area contributed by atoms with E-state index >= 15 is 0 Å². The lowest BCUT2D eigenvalue weighted by atomic mass is 10.2. The number of halogens is 1. The van der Waals surface area contributed by atoms with Crippen LogP contribution in [0, 0.1) is 0 Å². The Bertz CT molecular complexity index is 470. The molecule has 17 heavy (non-hydrogen) atoms. The van der Waals surface area contributed by atoms with Gasteiger partial charge in [-0.25, -0.2) is 4.98 Å². The second-order valence-electron chi connectivity index (χ2n) is 3.98. The van der Waals surface area contributed by atoms with Crippen LogP contribution in [0.3, 0.4) is 0 Å². The number of alkyl halides is 1. The van der Waals surface area contributed by atoms with Crippen molar-refractivity contribution in [2.45, 2.75) is 19.3 Å². The molecule has 0 fully saturated rings. The lowest BCUT2D eigenvalue weighted by Crippen LogP contribution is -2.20. The first kappa shape index (κ1) is 12.1. The van der Waals surface area contributed by atoms with E-state index in [0.29, 0.717) is 0 Å². The summed E-state index contributed by atoms with van der Waals surface area (Å²) in [4.78, 5) is 6.46. The van der Waals surface area contributed by atoms with Crippen molar-refractivity contribution in [2.75, 3.05) is 24.4 Å². The topological polar surface area (TPSA) is 46.3 Å². The summed E-state index contributed by atoms with van der Waals surface area (Å²) in [5.41, 5.74) is 0.798. The van der Waals surface area contributed by atoms with Crippen LogP contribution in [0.4, 0.5) is 5.82 Å². The predicted molar refractivity (Wildman–Crippen MR) is 68.6 cm³/mol. The molecule has 0 radical (unpaired) electrons. The Labute approximate surface area is 105 Å². The molecule has 0 aromatic carbocycles. The van der Waals surface area contributed by atoms with Crippen molar-refractivity contribution in [3.63, 3.8) is 0 Å². The molecule has 2 heterocycles. The SMILES string of the molecule is CN(CCCCCCl)c1nccn2cnnc12. The van der Waals surface area contributed by atoms with Gasteiger partial charge in [0.25, 0.3) is 0 Å². The normalized spacial score (nSPS) is 10.9. The molecule has 2 rings (SSSR count). The van der Waals surface area contributed by atoms with Gasteiger partial charge >= 0.3 is 0 Å². The molecule has 0 bridgehead atoms. The summed E-state index contributed by atoms with van der Waals surface area (Å²) in [6, 6.07) is 0. The van der Waals surface area contributed by atoms with Crippen LogP contribution in [0.25, 0.3) is 5.65 Å². The molecule has 0 atom stereocenters. The van der Waals surface area contributed by atoms with E-state index in [1.54, 1.807) is 12.5 Å². The van der Waals surface area contributed by atoms with Crippen LogP contribution in [-0.4, -0.2) is 39.1 Å². The smallest absolute Gasteiger partial charge is 0.203 e. The van der Waals surface area contributed by atoms with Crippen LogP contribution in [0.2, 0.25) is 0 Å². The van der Waals surface area contributed by atoms with E-state index in [1.165, 1.54) is 0 Å². The molecule has 92 valence electrons. The summed E-state index contributed by atoms with van der Waals surface area (Å²) >= 11 is 5.65. The van der Waals surface area contributed by atoms with Crippen molar-refractivity contribution in [3.8, 4) is 0 Å². The van der Waals surface area contributed by atoms with Gasteiger partial charge < -0.3 is 4.90 Å². The Kier molecular flexibility index (Phi) is 4.14. The maximum Gasteiger partial charge on any atom is 0.203 e. The average molecular weight is 254 g/mol. The second kappa shape index (κ2) is 5.82. The molecule has 0 saturated heterocycles. The lowest BCUT2D eigenvalue weighted by Gasteiger charge is -2.17. The number of anilines is 1. The van der Waals surface area contributed by atoms with Gasteiger partial charge in [-0.3, -0.25) is 4.40 Å². The summed E-state index contributed by atoms with van der Waals surface area (Å²) in [6.07, 6.45) is 8.62. The first-order chi connectivity index (χ1) is 8.33. The third-order valence-electron chi connectivity index (χ3n) is 2.69. The van der Waals surface area contributed by atoms with Crippen molar-refractivity contribution in [2.24, 2.45) is 0 Å². The third kappa shape index (κ3) is 2.85. The number of fused-ring (bicyclic) bond motifs is 1.